The molecule has 4 aromatic rings. The van der Waals surface area contributed by atoms with Crippen molar-refractivity contribution in [3.8, 4) is 17.2 Å². The van der Waals surface area contributed by atoms with E-state index in [1.54, 1.807) is 24.3 Å². The standard InChI is InChI=1S/C24H16ClF3N4O5/c25-16-4-6-19(7-5-16)36-14-31-22(8-9-29-31)23(33)30-17-11-18(32(34)35)13-21(12-17)37-20-3-1-2-15(10-20)24(26,27)28/h1-13H,14H2,(H,30,33). The number of nitrogens with zero attached hydrogens (tertiary/aromatic N) is 3. The Morgan fingerprint density at radius 2 is 1.78 bits per heavy atom. The van der Waals surface area contributed by atoms with Gasteiger partial charge in [0.25, 0.3) is 11.6 Å². The van der Waals surface area contributed by atoms with Crippen molar-refractivity contribution < 1.29 is 32.4 Å². The van der Waals surface area contributed by atoms with E-state index in [2.05, 4.69) is 10.4 Å². The molecular weight excluding hydrogens is 517 g/mol. The van der Waals surface area contributed by atoms with Gasteiger partial charge in [-0.2, -0.15) is 18.3 Å². The molecule has 0 saturated carbocycles. The molecule has 0 spiro atoms. The lowest BCUT2D eigenvalue weighted by Gasteiger charge is -2.12. The van der Waals surface area contributed by atoms with E-state index in [1.807, 2.05) is 0 Å². The van der Waals surface area contributed by atoms with Gasteiger partial charge in [0.05, 0.1) is 22.2 Å². The number of carbonyl (C=O) groups is 1. The van der Waals surface area contributed by atoms with Gasteiger partial charge in [-0.25, -0.2) is 4.68 Å². The number of anilines is 1. The van der Waals surface area contributed by atoms with Gasteiger partial charge in [-0.15, -0.1) is 0 Å². The van der Waals surface area contributed by atoms with Gasteiger partial charge in [0.15, 0.2) is 6.73 Å². The van der Waals surface area contributed by atoms with E-state index >= 15 is 0 Å². The number of alkyl halides is 3. The number of hydrogen-bond donors (Lipinski definition) is 1. The Hall–Kier alpha value is -4.58. The molecule has 1 heterocycles. The van der Waals surface area contributed by atoms with Crippen LogP contribution in [0.3, 0.4) is 0 Å². The number of nitro groups is 1. The number of nitro benzene ring substituents is 1. The van der Waals surface area contributed by atoms with Crippen molar-refractivity contribution in [1.82, 2.24) is 9.78 Å². The van der Waals surface area contributed by atoms with Crippen LogP contribution in [0.4, 0.5) is 24.5 Å². The number of non-ortho nitro benzene ring substituents is 1. The second-order valence-corrected chi connectivity index (χ2v) is 7.93. The van der Waals surface area contributed by atoms with Gasteiger partial charge >= 0.3 is 6.18 Å². The highest BCUT2D eigenvalue weighted by Crippen LogP contribution is 2.34. The van der Waals surface area contributed by atoms with Crippen LogP contribution in [-0.2, 0) is 12.9 Å². The van der Waals surface area contributed by atoms with Crippen molar-refractivity contribution in [2.24, 2.45) is 0 Å². The van der Waals surface area contributed by atoms with Crippen LogP contribution in [0.1, 0.15) is 16.1 Å². The minimum Gasteiger partial charge on any atom is -0.471 e. The summed E-state index contributed by atoms with van der Waals surface area (Å²) in [6, 6.07) is 15.4. The molecule has 0 radical (unpaired) electrons. The van der Waals surface area contributed by atoms with Gasteiger partial charge in [-0.1, -0.05) is 17.7 Å². The zero-order chi connectivity index (χ0) is 26.6. The second-order valence-electron chi connectivity index (χ2n) is 7.50. The lowest BCUT2D eigenvalue weighted by atomic mass is 10.2. The highest BCUT2D eigenvalue weighted by molar-refractivity contribution is 6.30. The number of amides is 1. The highest BCUT2D eigenvalue weighted by atomic mass is 35.5. The van der Waals surface area contributed by atoms with Gasteiger partial charge in [-0.3, -0.25) is 14.9 Å². The van der Waals surface area contributed by atoms with Gasteiger partial charge in [0.1, 0.15) is 22.9 Å². The average molecular weight is 533 g/mol. The number of hydrogen-bond acceptors (Lipinski definition) is 6. The van der Waals surface area contributed by atoms with Crippen molar-refractivity contribution >= 4 is 28.9 Å². The SMILES string of the molecule is O=C(Nc1cc(Oc2cccc(C(F)(F)F)c2)cc([N+](=O)[O-])c1)c1ccnn1COc1ccc(Cl)cc1. The Balaban J connectivity index is 1.52. The fraction of sp³-hybridized carbons (Fsp3) is 0.0833. The quantitative estimate of drug-likeness (QED) is 0.204. The maximum Gasteiger partial charge on any atom is 0.416 e. The van der Waals surface area contributed by atoms with Crippen molar-refractivity contribution in [3.05, 3.63) is 105 Å². The first-order valence-electron chi connectivity index (χ1n) is 10.4. The second kappa shape index (κ2) is 10.6. The Kier molecular flexibility index (Phi) is 7.30. The van der Waals surface area contributed by atoms with Crippen LogP contribution < -0.4 is 14.8 Å². The molecule has 190 valence electrons. The van der Waals surface area contributed by atoms with Crippen molar-refractivity contribution in [3.63, 3.8) is 0 Å². The van der Waals surface area contributed by atoms with Crippen LogP contribution in [0.15, 0.2) is 79.0 Å². The number of benzene rings is 3. The molecule has 9 nitrogen and oxygen atoms in total. The van der Waals surface area contributed by atoms with E-state index in [1.165, 1.54) is 29.1 Å². The van der Waals surface area contributed by atoms with Crippen LogP contribution in [0.2, 0.25) is 5.02 Å². The van der Waals surface area contributed by atoms with E-state index in [4.69, 9.17) is 21.1 Å². The molecule has 0 bridgehead atoms. The summed E-state index contributed by atoms with van der Waals surface area (Å²) in [7, 11) is 0. The number of rotatable bonds is 8. The third kappa shape index (κ3) is 6.55. The molecular formula is C24H16ClF3N4O5. The Bertz CT molecular complexity index is 1440. The molecule has 1 aromatic heterocycles. The molecule has 0 aliphatic rings. The van der Waals surface area contributed by atoms with E-state index < -0.39 is 28.3 Å². The normalized spacial score (nSPS) is 11.1. The lowest BCUT2D eigenvalue weighted by molar-refractivity contribution is -0.384. The van der Waals surface area contributed by atoms with Crippen molar-refractivity contribution in [2.75, 3.05) is 5.32 Å². The summed E-state index contributed by atoms with van der Waals surface area (Å²) in [5.41, 5.74) is -1.33. The van der Waals surface area contributed by atoms with Gasteiger partial charge < -0.3 is 14.8 Å². The fourth-order valence-electron chi connectivity index (χ4n) is 3.18. The molecule has 4 rings (SSSR count). The van der Waals surface area contributed by atoms with Crippen molar-refractivity contribution in [2.45, 2.75) is 12.9 Å². The molecule has 1 amide bonds. The number of carbonyl (C=O) groups excluding carboxylic acids is 1. The van der Waals surface area contributed by atoms with Crippen LogP contribution >= 0.6 is 11.6 Å². The maximum absolute atomic E-state index is 13.0. The summed E-state index contributed by atoms with van der Waals surface area (Å²) >= 11 is 5.84. The summed E-state index contributed by atoms with van der Waals surface area (Å²) in [4.78, 5) is 23.6. The van der Waals surface area contributed by atoms with Gasteiger partial charge in [0, 0.05) is 23.4 Å². The first-order valence-corrected chi connectivity index (χ1v) is 10.8. The van der Waals surface area contributed by atoms with Gasteiger partial charge in [-0.05, 0) is 48.5 Å². The molecule has 0 saturated heterocycles. The van der Waals surface area contributed by atoms with Crippen LogP contribution in [-0.4, -0.2) is 20.6 Å². The van der Waals surface area contributed by atoms with Gasteiger partial charge in [0.2, 0.25) is 0 Å². The smallest absolute Gasteiger partial charge is 0.416 e. The van der Waals surface area contributed by atoms with E-state index in [0.717, 1.165) is 30.3 Å². The third-order valence-electron chi connectivity index (χ3n) is 4.87. The average Bonchev–Trinajstić information content (AvgIpc) is 3.32. The molecule has 0 atom stereocenters. The first kappa shape index (κ1) is 25.5. The zero-order valence-electron chi connectivity index (χ0n) is 18.6. The Labute approximate surface area is 212 Å². The molecule has 3 aromatic carbocycles. The third-order valence-corrected chi connectivity index (χ3v) is 5.13. The molecule has 0 fully saturated rings. The van der Waals surface area contributed by atoms with E-state index in [-0.39, 0.29) is 29.6 Å². The Morgan fingerprint density at radius 3 is 2.49 bits per heavy atom. The lowest BCUT2D eigenvalue weighted by Crippen LogP contribution is -2.19. The number of nitrogens with one attached hydrogen (secondary N) is 1. The molecule has 13 heteroatoms. The monoisotopic (exact) mass is 532 g/mol. The predicted octanol–water partition coefficient (Wildman–Crippen LogP) is 6.54. The van der Waals surface area contributed by atoms with E-state index in [0.29, 0.717) is 10.8 Å². The minimum absolute atomic E-state index is 0.0208. The number of ether oxygens (including phenoxy) is 2. The molecule has 0 aliphatic carbocycles. The number of aromatic nitrogens is 2. The summed E-state index contributed by atoms with van der Waals surface area (Å²) in [5.74, 6) is -0.516. The van der Waals surface area contributed by atoms with Crippen LogP contribution in [0.5, 0.6) is 17.2 Å². The maximum atomic E-state index is 13.0. The summed E-state index contributed by atoms with van der Waals surface area (Å²) in [6.45, 7) is -0.115. The molecule has 0 aliphatic heterocycles. The molecule has 0 unspecified atom stereocenters. The molecule has 1 N–H and O–H groups in total. The summed E-state index contributed by atoms with van der Waals surface area (Å²) in [6.07, 6.45) is -3.23. The predicted molar refractivity (Wildman–Crippen MR) is 127 cm³/mol. The Morgan fingerprint density at radius 1 is 1.03 bits per heavy atom. The summed E-state index contributed by atoms with van der Waals surface area (Å²) < 4.78 is 51.3. The molecule has 37 heavy (non-hydrogen) atoms. The topological polar surface area (TPSA) is 109 Å². The number of halogens is 4. The highest BCUT2D eigenvalue weighted by Gasteiger charge is 2.30. The van der Waals surface area contributed by atoms with E-state index in [9.17, 15) is 28.1 Å². The van der Waals surface area contributed by atoms with Crippen LogP contribution in [0.25, 0.3) is 0 Å². The summed E-state index contributed by atoms with van der Waals surface area (Å²) in [5, 5.41) is 18.5. The zero-order valence-corrected chi connectivity index (χ0v) is 19.4. The van der Waals surface area contributed by atoms with Crippen molar-refractivity contribution in [1.29, 1.82) is 0 Å². The minimum atomic E-state index is -4.60. The fourth-order valence-corrected chi connectivity index (χ4v) is 3.31. The van der Waals surface area contributed by atoms with Crippen LogP contribution in [0, 0.1) is 10.1 Å². The largest absolute Gasteiger partial charge is 0.471 e. The first-order chi connectivity index (χ1) is 17.6.